The molecule has 0 saturated heterocycles. The zero-order valence-electron chi connectivity index (χ0n) is 17.4. The Bertz CT molecular complexity index is 1250. The lowest BCUT2D eigenvalue weighted by molar-refractivity contribution is 0.525. The lowest BCUT2D eigenvalue weighted by Gasteiger charge is -2.22. The van der Waals surface area contributed by atoms with Gasteiger partial charge >= 0.3 is 5.69 Å². The number of allylic oxidation sites excluding steroid dienone is 4. The minimum absolute atomic E-state index is 0.197. The summed E-state index contributed by atoms with van der Waals surface area (Å²) in [7, 11) is 0. The molecule has 1 aromatic rings. The molecule has 0 amide bonds. The fraction of sp³-hybridized carbons (Fsp3) is 0.391. The van der Waals surface area contributed by atoms with E-state index in [2.05, 4.69) is 47.9 Å². The molecule has 0 radical (unpaired) electrons. The summed E-state index contributed by atoms with van der Waals surface area (Å²) in [6.07, 6.45) is 6.77. The van der Waals surface area contributed by atoms with Crippen molar-refractivity contribution >= 4 is 22.6 Å². The zero-order valence-corrected chi connectivity index (χ0v) is 18.2. The molecule has 1 unspecified atom stereocenters. The molecule has 30 heavy (non-hydrogen) atoms. The van der Waals surface area contributed by atoms with Crippen molar-refractivity contribution < 1.29 is 0 Å². The van der Waals surface area contributed by atoms with E-state index in [1.165, 1.54) is 5.57 Å². The highest BCUT2D eigenvalue weighted by Gasteiger charge is 2.20. The van der Waals surface area contributed by atoms with Crippen molar-refractivity contribution in [1.82, 2.24) is 19.5 Å². The van der Waals surface area contributed by atoms with Crippen LogP contribution in [0.4, 0.5) is 0 Å². The summed E-state index contributed by atoms with van der Waals surface area (Å²) in [5, 5.41) is 0.888. The van der Waals surface area contributed by atoms with Crippen LogP contribution in [0.25, 0.3) is 22.6 Å². The van der Waals surface area contributed by atoms with Crippen LogP contribution in [0.2, 0.25) is 0 Å². The number of fused-ring (bicyclic) bond motifs is 2. The lowest BCUT2D eigenvalue weighted by atomic mass is 9.91. The van der Waals surface area contributed by atoms with Crippen LogP contribution in [0.1, 0.15) is 51.5 Å². The molecule has 156 valence electrons. The van der Waals surface area contributed by atoms with Crippen molar-refractivity contribution in [3.05, 3.63) is 67.4 Å². The predicted octanol–water partition coefficient (Wildman–Crippen LogP) is 4.58. The molecule has 1 atom stereocenters. The topological polar surface area (TPSA) is 80.6 Å². The highest BCUT2D eigenvalue weighted by molar-refractivity contribution is 6.29. The molecule has 4 rings (SSSR count). The van der Waals surface area contributed by atoms with Crippen molar-refractivity contribution in [3.8, 4) is 11.5 Å². The van der Waals surface area contributed by atoms with Gasteiger partial charge in [0.2, 0.25) is 0 Å². The minimum Gasteiger partial charge on any atom is -0.322 e. The van der Waals surface area contributed by atoms with Crippen LogP contribution >= 0.6 is 11.6 Å². The number of hydrogen-bond acceptors (Lipinski definition) is 4. The third-order valence-corrected chi connectivity index (χ3v) is 6.16. The Morgan fingerprint density at radius 2 is 1.93 bits per heavy atom. The van der Waals surface area contributed by atoms with Crippen LogP contribution < -0.4 is 11.2 Å². The normalized spacial score (nSPS) is 15.5. The van der Waals surface area contributed by atoms with Gasteiger partial charge in [0.25, 0.3) is 5.56 Å². The van der Waals surface area contributed by atoms with Crippen LogP contribution in [0.5, 0.6) is 0 Å². The van der Waals surface area contributed by atoms with Crippen LogP contribution in [0.15, 0.2) is 50.5 Å². The van der Waals surface area contributed by atoms with Crippen molar-refractivity contribution in [3.63, 3.8) is 0 Å². The first-order valence-corrected chi connectivity index (χ1v) is 10.7. The lowest BCUT2D eigenvalue weighted by Crippen LogP contribution is -2.29. The van der Waals surface area contributed by atoms with E-state index in [-0.39, 0.29) is 5.69 Å². The van der Waals surface area contributed by atoms with Gasteiger partial charge in [-0.2, -0.15) is 4.98 Å². The molecular weight excluding hydrogens is 400 g/mol. The zero-order chi connectivity index (χ0) is 21.4. The second-order valence-electron chi connectivity index (χ2n) is 8.25. The average molecular weight is 425 g/mol. The molecule has 3 aliphatic rings. The Kier molecular flexibility index (Phi) is 5.60. The second kappa shape index (κ2) is 8.19. The van der Waals surface area contributed by atoms with Gasteiger partial charge in [-0.1, -0.05) is 50.1 Å². The van der Waals surface area contributed by atoms with Crippen LogP contribution in [-0.2, 0) is 6.54 Å². The van der Waals surface area contributed by atoms with Gasteiger partial charge in [-0.15, -0.1) is 0 Å². The Morgan fingerprint density at radius 1 is 1.13 bits per heavy atom. The Balaban J connectivity index is 1.79. The molecule has 0 bridgehead atoms. The van der Waals surface area contributed by atoms with E-state index in [0.29, 0.717) is 24.2 Å². The smallest absolute Gasteiger partial charge is 0.322 e. The number of nitrogens with zero attached hydrogens (tertiary/aromatic N) is 3. The SMILES string of the molecule is CC(CCn1c2nc(=O)[nH]c(=O)c-2nc2cc(C(C)C)ccc21)C1=CC=C(Cl)CC1. The first-order chi connectivity index (χ1) is 14.3. The summed E-state index contributed by atoms with van der Waals surface area (Å²) in [5.41, 5.74) is 3.16. The molecule has 0 fully saturated rings. The number of hydrogen-bond donors (Lipinski definition) is 1. The van der Waals surface area contributed by atoms with Gasteiger partial charge in [-0.3, -0.25) is 9.78 Å². The van der Waals surface area contributed by atoms with Crippen LogP contribution in [-0.4, -0.2) is 19.5 Å². The van der Waals surface area contributed by atoms with E-state index in [1.54, 1.807) is 0 Å². The van der Waals surface area contributed by atoms with Gasteiger partial charge in [0.1, 0.15) is 0 Å². The van der Waals surface area contributed by atoms with Crippen molar-refractivity contribution in [2.45, 2.75) is 52.5 Å². The Hall–Kier alpha value is -2.73. The summed E-state index contributed by atoms with van der Waals surface area (Å²) in [4.78, 5) is 35.2. The number of halogens is 1. The highest BCUT2D eigenvalue weighted by Crippen LogP contribution is 2.30. The molecule has 1 aliphatic carbocycles. The fourth-order valence-corrected chi connectivity index (χ4v) is 4.11. The van der Waals surface area contributed by atoms with Crippen LogP contribution in [0, 0.1) is 5.92 Å². The number of benzene rings is 1. The first-order valence-electron chi connectivity index (χ1n) is 10.3. The quantitative estimate of drug-likeness (QED) is 0.608. The van der Waals surface area contributed by atoms with Gasteiger partial charge in [0, 0.05) is 11.6 Å². The van der Waals surface area contributed by atoms with E-state index in [4.69, 9.17) is 11.6 Å². The standard InChI is InChI=1S/C23H25ClN4O2/c1-13(2)16-6-9-19-18(12-16)25-20-21(26-23(30)27-22(20)29)28(19)11-10-14(3)15-4-7-17(24)8-5-15/h4,6-7,9,12-14H,5,8,10-11H2,1-3H3,(H,27,29,30). The molecule has 1 aromatic carbocycles. The van der Waals surface area contributed by atoms with Crippen molar-refractivity contribution in [1.29, 1.82) is 0 Å². The summed E-state index contributed by atoms with van der Waals surface area (Å²) in [6, 6.07) is 6.10. The number of H-pyrrole nitrogens is 1. The number of rotatable bonds is 5. The van der Waals surface area contributed by atoms with Crippen molar-refractivity contribution in [2.24, 2.45) is 5.92 Å². The number of nitrogens with one attached hydrogen (secondary N) is 1. The Labute approximate surface area is 179 Å². The molecule has 6 nitrogen and oxygen atoms in total. The number of aromatic amines is 1. The number of aryl methyl sites for hydroxylation is 1. The van der Waals surface area contributed by atoms with Gasteiger partial charge in [-0.05, 0) is 54.9 Å². The molecule has 2 heterocycles. The highest BCUT2D eigenvalue weighted by atomic mass is 35.5. The maximum absolute atomic E-state index is 12.4. The van der Waals surface area contributed by atoms with E-state index >= 15 is 0 Å². The second-order valence-corrected chi connectivity index (χ2v) is 8.74. The summed E-state index contributed by atoms with van der Waals surface area (Å²) >= 11 is 6.09. The molecule has 1 N–H and O–H groups in total. The Morgan fingerprint density at radius 3 is 2.63 bits per heavy atom. The average Bonchev–Trinajstić information content (AvgIpc) is 2.71. The van der Waals surface area contributed by atoms with Gasteiger partial charge in [-0.25, -0.2) is 9.78 Å². The monoisotopic (exact) mass is 424 g/mol. The molecule has 2 aliphatic heterocycles. The van der Waals surface area contributed by atoms with E-state index in [0.717, 1.165) is 40.9 Å². The number of aromatic nitrogens is 4. The third-order valence-electron chi connectivity index (χ3n) is 5.85. The van der Waals surface area contributed by atoms with Gasteiger partial charge in [0.15, 0.2) is 11.5 Å². The molecule has 0 aromatic heterocycles. The van der Waals surface area contributed by atoms with E-state index in [9.17, 15) is 9.59 Å². The fourth-order valence-electron chi connectivity index (χ4n) is 3.95. The van der Waals surface area contributed by atoms with Crippen molar-refractivity contribution in [2.75, 3.05) is 0 Å². The first kappa shape index (κ1) is 20.5. The molecule has 7 heteroatoms. The molecule has 0 saturated carbocycles. The minimum atomic E-state index is -0.649. The summed E-state index contributed by atoms with van der Waals surface area (Å²) in [5.74, 6) is 1.03. The van der Waals surface area contributed by atoms with E-state index in [1.807, 2.05) is 22.8 Å². The van der Waals surface area contributed by atoms with Gasteiger partial charge in [0.05, 0.1) is 11.0 Å². The summed E-state index contributed by atoms with van der Waals surface area (Å²) in [6.45, 7) is 7.06. The molecular formula is C23H25ClN4O2. The predicted molar refractivity (Wildman–Crippen MR) is 120 cm³/mol. The maximum atomic E-state index is 12.4. The van der Waals surface area contributed by atoms with Crippen LogP contribution in [0.3, 0.4) is 0 Å². The van der Waals surface area contributed by atoms with Gasteiger partial charge < -0.3 is 4.57 Å². The summed E-state index contributed by atoms with van der Waals surface area (Å²) < 4.78 is 1.96. The maximum Gasteiger partial charge on any atom is 0.349 e. The molecule has 0 spiro atoms. The van der Waals surface area contributed by atoms with E-state index < -0.39 is 11.2 Å². The third kappa shape index (κ3) is 3.97. The largest absolute Gasteiger partial charge is 0.349 e.